The van der Waals surface area contributed by atoms with Gasteiger partial charge in [-0.25, -0.2) is 0 Å². The molecule has 15 nitrogen and oxygen atoms in total. The zero-order chi connectivity index (χ0) is 47.2. The number of rotatable bonds is 14. The number of halogens is 1. The van der Waals surface area contributed by atoms with Crippen LogP contribution in [0, 0.1) is 28.1 Å². The number of carbonyl (C=O) groups is 5. The van der Waals surface area contributed by atoms with Crippen molar-refractivity contribution in [3.8, 4) is 17.6 Å². The van der Waals surface area contributed by atoms with E-state index in [0.717, 1.165) is 95.3 Å². The molecule has 0 aromatic heterocycles. The third kappa shape index (κ3) is 9.38. The van der Waals surface area contributed by atoms with Crippen LogP contribution in [0.2, 0.25) is 5.02 Å². The van der Waals surface area contributed by atoms with Crippen LogP contribution in [-0.2, 0) is 14.3 Å². The average Bonchev–Trinajstić information content (AvgIpc) is 3.55. The normalized spacial score (nSPS) is 26.0. The van der Waals surface area contributed by atoms with Crippen LogP contribution in [0.4, 0.5) is 5.69 Å². The summed E-state index contributed by atoms with van der Waals surface area (Å²) in [5, 5.41) is 15.2. The predicted molar refractivity (Wildman–Crippen MR) is 250 cm³/mol. The fraction of sp³-hybridized carbons (Fsp3) is 0.529. The first-order chi connectivity index (χ1) is 32.1. The summed E-state index contributed by atoms with van der Waals surface area (Å²) in [6.07, 6.45) is 3.79. The molecular weight excluding hydrogens is 874 g/mol. The van der Waals surface area contributed by atoms with E-state index in [1.54, 1.807) is 36.4 Å². The first-order valence-corrected chi connectivity index (χ1v) is 24.1. The predicted octanol–water partition coefficient (Wildman–Crippen LogP) is 5.69. The molecule has 0 unspecified atom stereocenters. The van der Waals surface area contributed by atoms with E-state index in [1.807, 2.05) is 12.1 Å². The Hall–Kier alpha value is -5.53. The number of nitriles is 1. The molecule has 2 saturated carbocycles. The lowest BCUT2D eigenvalue weighted by molar-refractivity contribution is -0.164. The third-order valence-corrected chi connectivity index (χ3v) is 15.5. The molecular formula is C51H60ClN7O8. The van der Waals surface area contributed by atoms with Gasteiger partial charge < -0.3 is 24.4 Å². The third-order valence-electron chi connectivity index (χ3n) is 15.1. The molecule has 9 rings (SSSR count). The number of fused-ring (bicyclic) bond motifs is 1. The van der Waals surface area contributed by atoms with Crippen molar-refractivity contribution in [3.05, 3.63) is 87.9 Å². The summed E-state index contributed by atoms with van der Waals surface area (Å²) in [4.78, 5) is 73.0. The van der Waals surface area contributed by atoms with Crippen molar-refractivity contribution >= 4 is 46.8 Å². The molecule has 5 fully saturated rings. The number of hydrogen-bond acceptors (Lipinski definition) is 12. The minimum absolute atomic E-state index is 0.0305. The highest BCUT2D eigenvalue weighted by atomic mass is 35.5. The molecule has 16 heteroatoms. The minimum atomic E-state index is -1.01. The van der Waals surface area contributed by atoms with E-state index in [2.05, 4.69) is 71.2 Å². The van der Waals surface area contributed by atoms with Gasteiger partial charge in [0.15, 0.2) is 0 Å². The Morgan fingerprint density at radius 3 is 2.22 bits per heavy atom. The van der Waals surface area contributed by atoms with Gasteiger partial charge >= 0.3 is 0 Å². The number of nitrogens with one attached hydrogen (secondary N) is 2. The van der Waals surface area contributed by atoms with E-state index in [-0.39, 0.29) is 59.0 Å². The van der Waals surface area contributed by atoms with Gasteiger partial charge in [-0.15, -0.1) is 0 Å². The molecule has 4 heterocycles. The Morgan fingerprint density at radius 1 is 0.881 bits per heavy atom. The first kappa shape index (κ1) is 46.6. The Labute approximate surface area is 397 Å². The fourth-order valence-corrected chi connectivity index (χ4v) is 11.7. The monoisotopic (exact) mass is 933 g/mol. The molecule has 0 spiro atoms. The van der Waals surface area contributed by atoms with Crippen molar-refractivity contribution in [2.75, 3.05) is 63.9 Å². The van der Waals surface area contributed by atoms with Crippen molar-refractivity contribution < 1.29 is 38.2 Å². The van der Waals surface area contributed by atoms with Crippen LogP contribution in [0.3, 0.4) is 0 Å². The van der Waals surface area contributed by atoms with Gasteiger partial charge in [-0.3, -0.25) is 44.0 Å². The second-order valence-corrected chi connectivity index (χ2v) is 20.7. The fourth-order valence-electron chi connectivity index (χ4n) is 11.5. The van der Waals surface area contributed by atoms with Gasteiger partial charge in [-0.2, -0.15) is 5.26 Å². The summed E-state index contributed by atoms with van der Waals surface area (Å²) in [7, 11) is 0. The molecule has 0 bridgehead atoms. The van der Waals surface area contributed by atoms with Crippen molar-refractivity contribution in [2.45, 2.75) is 96.6 Å². The molecule has 3 saturated heterocycles. The van der Waals surface area contributed by atoms with E-state index < -0.39 is 29.7 Å². The van der Waals surface area contributed by atoms with E-state index >= 15 is 0 Å². The molecule has 4 aliphatic heterocycles. The second-order valence-electron chi connectivity index (χ2n) is 20.2. The number of amides is 5. The standard InChI is InChI=1S/C51H60ClN7O8/c1-50(2)48(51(3,4)49(50)67-37-10-7-33(29-53)41(52)28-37)55-44(61)32-5-8-34(9-6-32)57-17-15-31(16-18-57)30-58(20-19-56-21-23-65-24-22-56)35-25-38(26-35)66-36-11-12-39-40(27-36)47(64)59(46(39)63)42-13-14-43(60)54-45(42)62/h5-12,27-28,31,35,38,42,48-49H,13-26,30H2,1-4H3,(H,55,61)(H,54,60,62)/t35?,38?,42-,48?,49?/m1/s1. The van der Waals surface area contributed by atoms with Crippen LogP contribution in [0.1, 0.15) is 103 Å². The number of morpholine rings is 1. The minimum Gasteiger partial charge on any atom is -0.490 e. The lowest BCUT2D eigenvalue weighted by Crippen LogP contribution is -2.74. The van der Waals surface area contributed by atoms with Crippen LogP contribution in [-0.4, -0.2) is 134 Å². The summed E-state index contributed by atoms with van der Waals surface area (Å²) in [6, 6.07) is 19.3. The number of benzene rings is 3. The number of hydrogen-bond donors (Lipinski definition) is 2. The molecule has 6 aliphatic rings. The Kier molecular flexibility index (Phi) is 13.1. The van der Waals surface area contributed by atoms with E-state index in [0.29, 0.717) is 39.6 Å². The Bertz CT molecular complexity index is 2440. The highest BCUT2D eigenvalue weighted by Crippen LogP contribution is 2.55. The zero-order valence-electron chi connectivity index (χ0n) is 38.7. The van der Waals surface area contributed by atoms with Crippen LogP contribution in [0.25, 0.3) is 0 Å². The number of ether oxygens (including phenoxy) is 3. The highest BCUT2D eigenvalue weighted by Gasteiger charge is 2.64. The number of carbonyl (C=O) groups excluding carboxylic acids is 5. The summed E-state index contributed by atoms with van der Waals surface area (Å²) >= 11 is 6.28. The van der Waals surface area contributed by atoms with E-state index in [1.165, 1.54) is 0 Å². The van der Waals surface area contributed by atoms with Crippen LogP contribution in [0.5, 0.6) is 11.5 Å². The van der Waals surface area contributed by atoms with Crippen molar-refractivity contribution in [1.29, 1.82) is 5.26 Å². The number of nitrogens with zero attached hydrogens (tertiary/aromatic N) is 5. The number of anilines is 1. The quantitative estimate of drug-likeness (QED) is 0.190. The van der Waals surface area contributed by atoms with E-state index in [9.17, 15) is 29.2 Å². The summed E-state index contributed by atoms with van der Waals surface area (Å²) in [5.74, 6) is -0.572. The summed E-state index contributed by atoms with van der Waals surface area (Å²) in [5.41, 5.74) is 1.85. The highest BCUT2D eigenvalue weighted by molar-refractivity contribution is 6.31. The van der Waals surface area contributed by atoms with Gasteiger partial charge in [0.25, 0.3) is 17.7 Å². The van der Waals surface area contributed by atoms with Crippen molar-refractivity contribution in [2.24, 2.45) is 16.7 Å². The molecule has 3 aromatic rings. The van der Waals surface area contributed by atoms with Gasteiger partial charge in [0.1, 0.15) is 35.8 Å². The molecule has 5 amide bonds. The van der Waals surface area contributed by atoms with Crippen LogP contribution >= 0.6 is 11.6 Å². The van der Waals surface area contributed by atoms with Crippen LogP contribution < -0.4 is 25.0 Å². The van der Waals surface area contributed by atoms with Gasteiger partial charge in [0.05, 0.1) is 34.9 Å². The van der Waals surface area contributed by atoms with Crippen molar-refractivity contribution in [3.63, 3.8) is 0 Å². The average molecular weight is 935 g/mol. The smallest absolute Gasteiger partial charge is 0.262 e. The number of piperidine rings is 2. The molecule has 0 radical (unpaired) electrons. The first-order valence-electron chi connectivity index (χ1n) is 23.7. The summed E-state index contributed by atoms with van der Waals surface area (Å²) < 4.78 is 18.4. The van der Waals surface area contributed by atoms with Gasteiger partial charge in [0.2, 0.25) is 11.8 Å². The molecule has 1 atom stereocenters. The zero-order valence-corrected chi connectivity index (χ0v) is 39.5. The molecule has 2 N–H and O–H groups in total. The topological polar surface area (TPSA) is 174 Å². The summed E-state index contributed by atoms with van der Waals surface area (Å²) in [6.45, 7) is 16.6. The maximum atomic E-state index is 13.6. The molecule has 3 aromatic carbocycles. The lowest BCUT2D eigenvalue weighted by atomic mass is 9.49. The SMILES string of the molecule is CC1(C)C(NC(=O)c2ccc(N3CCC(CN(CCN4CCOCC4)C4CC(Oc5ccc6c(c5)C(=O)N([C@@H]5CCC(=O)NC5=O)C6=O)C4)CC3)cc2)C(C)(C)C1Oc1ccc(C#N)c(Cl)c1. The van der Waals surface area contributed by atoms with Gasteiger partial charge in [-0.05, 0) is 79.8 Å². The number of imide groups is 2. The lowest BCUT2D eigenvalue weighted by Gasteiger charge is -2.63. The maximum absolute atomic E-state index is 13.6. The van der Waals surface area contributed by atoms with Crippen molar-refractivity contribution in [1.82, 2.24) is 25.3 Å². The molecule has 2 aliphatic carbocycles. The second kappa shape index (κ2) is 18.9. The van der Waals surface area contributed by atoms with Gasteiger partial charge in [0, 0.05) is 105 Å². The van der Waals surface area contributed by atoms with Gasteiger partial charge in [-0.1, -0.05) is 39.3 Å². The Balaban J connectivity index is 0.767. The molecule has 354 valence electrons. The van der Waals surface area contributed by atoms with E-state index in [4.69, 9.17) is 25.8 Å². The Morgan fingerprint density at radius 2 is 1.55 bits per heavy atom. The largest absolute Gasteiger partial charge is 0.490 e. The maximum Gasteiger partial charge on any atom is 0.262 e. The molecule has 67 heavy (non-hydrogen) atoms. The van der Waals surface area contributed by atoms with Crippen LogP contribution in [0.15, 0.2) is 60.7 Å².